The number of para-hydroxylation sites is 1. The van der Waals surface area contributed by atoms with E-state index in [1.54, 1.807) is 13.2 Å². The first-order chi connectivity index (χ1) is 8.20. The van der Waals surface area contributed by atoms with Crippen LogP contribution in [0.3, 0.4) is 0 Å². The topological polar surface area (TPSA) is 78.1 Å². The maximum atomic E-state index is 10.9. The second-order valence-electron chi connectivity index (χ2n) is 3.78. The number of nitrogens with one attached hydrogen (secondary N) is 2. The van der Waals surface area contributed by atoms with Crippen molar-refractivity contribution in [2.45, 2.75) is 0 Å². The van der Waals surface area contributed by atoms with E-state index in [9.17, 15) is 4.79 Å². The van der Waals surface area contributed by atoms with Gasteiger partial charge in [0.1, 0.15) is 11.4 Å². The van der Waals surface area contributed by atoms with Crippen LogP contribution in [0.2, 0.25) is 0 Å². The van der Waals surface area contributed by atoms with Gasteiger partial charge in [0.05, 0.1) is 23.7 Å². The van der Waals surface area contributed by atoms with Gasteiger partial charge in [-0.3, -0.25) is 0 Å². The van der Waals surface area contributed by atoms with Gasteiger partial charge in [0.2, 0.25) is 0 Å². The van der Waals surface area contributed by atoms with Crippen LogP contribution in [-0.4, -0.2) is 28.2 Å². The number of aromatic nitrogens is 2. The average molecular weight is 230 g/mol. The third kappa shape index (κ3) is 1.29. The molecular weight excluding hydrogens is 220 g/mol. The minimum absolute atomic E-state index is 0.177. The maximum absolute atomic E-state index is 10.9. The molecule has 3 aromatic rings. The zero-order chi connectivity index (χ0) is 12.0. The summed E-state index contributed by atoms with van der Waals surface area (Å²) in [4.78, 5) is 16.9. The van der Waals surface area contributed by atoms with Crippen LogP contribution in [0.15, 0.2) is 24.3 Å². The molecule has 0 saturated heterocycles. The lowest BCUT2D eigenvalue weighted by Crippen LogP contribution is -1.95. The Balaban J connectivity index is 2.38. The van der Waals surface area contributed by atoms with Gasteiger partial charge in [-0.1, -0.05) is 12.1 Å². The number of hydrogen-bond acceptors (Lipinski definition) is 2. The zero-order valence-corrected chi connectivity index (χ0v) is 9.07. The number of carboxylic acid groups (broad SMARTS) is 1. The van der Waals surface area contributed by atoms with E-state index in [0.29, 0.717) is 0 Å². The summed E-state index contributed by atoms with van der Waals surface area (Å²) in [7, 11) is 1.60. The van der Waals surface area contributed by atoms with Crippen LogP contribution in [-0.2, 0) is 0 Å². The molecule has 0 aliphatic rings. The van der Waals surface area contributed by atoms with Crippen molar-refractivity contribution in [3.05, 3.63) is 30.0 Å². The molecule has 0 amide bonds. The van der Waals surface area contributed by atoms with E-state index < -0.39 is 5.97 Å². The fourth-order valence-corrected chi connectivity index (χ4v) is 2.05. The normalized spacial score (nSPS) is 11.1. The molecule has 5 nitrogen and oxygen atoms in total. The highest BCUT2D eigenvalue weighted by Crippen LogP contribution is 2.31. The summed E-state index contributed by atoms with van der Waals surface area (Å²) in [6.45, 7) is 0. The molecule has 2 heterocycles. The molecule has 0 spiro atoms. The van der Waals surface area contributed by atoms with Crippen molar-refractivity contribution in [1.29, 1.82) is 0 Å². The summed E-state index contributed by atoms with van der Waals surface area (Å²) >= 11 is 0. The number of aromatic amines is 2. The quantitative estimate of drug-likeness (QED) is 0.632. The lowest BCUT2D eigenvalue weighted by atomic mass is 10.2. The van der Waals surface area contributed by atoms with E-state index in [-0.39, 0.29) is 5.69 Å². The predicted octanol–water partition coefficient (Wildman–Crippen LogP) is 2.36. The Kier molecular flexibility index (Phi) is 1.89. The van der Waals surface area contributed by atoms with Gasteiger partial charge in [-0.05, 0) is 12.1 Å². The smallest absolute Gasteiger partial charge is 0.352 e. The number of benzene rings is 1. The lowest BCUT2D eigenvalue weighted by molar-refractivity contribution is 0.0691. The molecule has 0 saturated carbocycles. The number of aromatic carboxylic acids is 1. The standard InChI is InChI=1S/C12H10N2O3/c1-17-9-4-2-3-6-10-7(13-11(6)9)5-8(14-10)12(15)16/h2-5,13-14H,1H3,(H,15,16). The second kappa shape index (κ2) is 3.28. The maximum Gasteiger partial charge on any atom is 0.352 e. The van der Waals surface area contributed by atoms with Crippen molar-refractivity contribution >= 4 is 27.9 Å². The molecule has 0 radical (unpaired) electrons. The van der Waals surface area contributed by atoms with Crippen molar-refractivity contribution in [1.82, 2.24) is 9.97 Å². The highest BCUT2D eigenvalue weighted by atomic mass is 16.5. The minimum Gasteiger partial charge on any atom is -0.495 e. The monoisotopic (exact) mass is 230 g/mol. The molecule has 0 aliphatic heterocycles. The second-order valence-corrected chi connectivity index (χ2v) is 3.78. The third-order valence-corrected chi connectivity index (χ3v) is 2.82. The van der Waals surface area contributed by atoms with E-state index in [1.807, 2.05) is 18.2 Å². The number of ether oxygens (including phenoxy) is 1. The lowest BCUT2D eigenvalue weighted by Gasteiger charge is -2.00. The molecule has 86 valence electrons. The average Bonchev–Trinajstić information content (AvgIpc) is 2.85. The number of hydrogen-bond donors (Lipinski definition) is 3. The van der Waals surface area contributed by atoms with Gasteiger partial charge in [-0.25, -0.2) is 4.79 Å². The van der Waals surface area contributed by atoms with Crippen LogP contribution in [0.25, 0.3) is 21.9 Å². The molecule has 0 unspecified atom stereocenters. The summed E-state index contributed by atoms with van der Waals surface area (Å²) in [5.41, 5.74) is 2.60. The van der Waals surface area contributed by atoms with Crippen molar-refractivity contribution in [3.63, 3.8) is 0 Å². The van der Waals surface area contributed by atoms with Gasteiger partial charge in [-0.15, -0.1) is 0 Å². The van der Waals surface area contributed by atoms with Crippen LogP contribution < -0.4 is 4.74 Å². The first-order valence-electron chi connectivity index (χ1n) is 5.11. The highest BCUT2D eigenvalue weighted by Gasteiger charge is 2.13. The zero-order valence-electron chi connectivity index (χ0n) is 9.07. The Hall–Kier alpha value is -2.43. The Labute approximate surface area is 96.0 Å². The van der Waals surface area contributed by atoms with Gasteiger partial charge in [-0.2, -0.15) is 0 Å². The van der Waals surface area contributed by atoms with Crippen LogP contribution >= 0.6 is 0 Å². The summed E-state index contributed by atoms with van der Waals surface area (Å²) in [5, 5.41) is 9.83. The van der Waals surface area contributed by atoms with Crippen LogP contribution in [0.5, 0.6) is 5.75 Å². The van der Waals surface area contributed by atoms with Crippen molar-refractivity contribution < 1.29 is 14.6 Å². The predicted molar refractivity (Wildman–Crippen MR) is 63.7 cm³/mol. The molecule has 0 bridgehead atoms. The largest absolute Gasteiger partial charge is 0.495 e. The van der Waals surface area contributed by atoms with E-state index >= 15 is 0 Å². The number of carbonyl (C=O) groups is 1. The molecule has 2 aromatic heterocycles. The van der Waals surface area contributed by atoms with Crippen LogP contribution in [0.1, 0.15) is 10.5 Å². The number of fused-ring (bicyclic) bond motifs is 3. The Morgan fingerprint density at radius 1 is 1.29 bits per heavy atom. The number of carboxylic acids is 1. The number of methoxy groups -OCH3 is 1. The van der Waals surface area contributed by atoms with Crippen LogP contribution in [0.4, 0.5) is 0 Å². The Morgan fingerprint density at radius 3 is 2.82 bits per heavy atom. The summed E-state index contributed by atoms with van der Waals surface area (Å²) in [5.74, 6) is -0.227. The van der Waals surface area contributed by atoms with Gasteiger partial charge in [0.25, 0.3) is 0 Å². The van der Waals surface area contributed by atoms with Crippen molar-refractivity contribution in [2.75, 3.05) is 7.11 Å². The van der Waals surface area contributed by atoms with E-state index in [0.717, 1.165) is 27.7 Å². The molecule has 1 aromatic carbocycles. The van der Waals surface area contributed by atoms with Crippen molar-refractivity contribution in [2.24, 2.45) is 0 Å². The first kappa shape index (κ1) is 9.77. The Bertz CT molecular complexity index is 724. The SMILES string of the molecule is COc1cccc2c1[nH]c1cc(C(=O)O)[nH]c12. The molecule has 0 aliphatic carbocycles. The fourth-order valence-electron chi connectivity index (χ4n) is 2.05. The molecular formula is C12H10N2O3. The fraction of sp³-hybridized carbons (Fsp3) is 0.0833. The van der Waals surface area contributed by atoms with Gasteiger partial charge < -0.3 is 19.8 Å². The molecule has 17 heavy (non-hydrogen) atoms. The minimum atomic E-state index is -0.967. The first-order valence-corrected chi connectivity index (χ1v) is 5.11. The summed E-state index contributed by atoms with van der Waals surface area (Å²) in [6, 6.07) is 7.22. The molecule has 0 fully saturated rings. The van der Waals surface area contributed by atoms with Gasteiger partial charge >= 0.3 is 5.97 Å². The van der Waals surface area contributed by atoms with Crippen LogP contribution in [0, 0.1) is 0 Å². The van der Waals surface area contributed by atoms with Gasteiger partial charge in [0, 0.05) is 5.39 Å². The summed E-state index contributed by atoms with van der Waals surface area (Å²) in [6.07, 6.45) is 0. The molecule has 3 rings (SSSR count). The van der Waals surface area contributed by atoms with Gasteiger partial charge in [0.15, 0.2) is 0 Å². The molecule has 5 heteroatoms. The Morgan fingerprint density at radius 2 is 2.12 bits per heavy atom. The highest BCUT2D eigenvalue weighted by molar-refractivity contribution is 6.09. The molecule has 0 atom stereocenters. The van der Waals surface area contributed by atoms with E-state index in [2.05, 4.69) is 9.97 Å². The van der Waals surface area contributed by atoms with E-state index in [1.165, 1.54) is 0 Å². The summed E-state index contributed by atoms with van der Waals surface area (Å²) < 4.78 is 5.24. The molecule has 3 N–H and O–H groups in total. The number of H-pyrrole nitrogens is 2. The number of rotatable bonds is 2. The van der Waals surface area contributed by atoms with Crippen molar-refractivity contribution in [3.8, 4) is 5.75 Å². The van der Waals surface area contributed by atoms with E-state index in [4.69, 9.17) is 9.84 Å². The third-order valence-electron chi connectivity index (χ3n) is 2.82.